The molecule has 0 unspecified atom stereocenters. The molecule has 0 aliphatic rings. The molecule has 0 bridgehead atoms. The summed E-state index contributed by atoms with van der Waals surface area (Å²) in [5.41, 5.74) is 0. The van der Waals surface area contributed by atoms with E-state index in [2.05, 4.69) is 13.8 Å². The Bertz CT molecular complexity index is 483. The van der Waals surface area contributed by atoms with Crippen molar-refractivity contribution in [1.82, 2.24) is 0 Å². The predicted molar refractivity (Wildman–Crippen MR) is 178 cm³/mol. The Hall–Kier alpha value is 1.63. The molecular weight excluding hydrogens is 730 g/mol. The molecule has 0 aromatic carbocycles. The average molecular weight is 803 g/mol. The summed E-state index contributed by atoms with van der Waals surface area (Å²) >= 11 is 0. The molecule has 3 nitrogen and oxygen atoms in total. The normalized spacial score (nSPS) is 10.7. The third-order valence-electron chi connectivity index (χ3n) is 8.20. The zero-order valence-corrected chi connectivity index (χ0v) is 36.7. The number of hydrogen-bond donors (Lipinski definition) is 0. The fraction of sp³-hybridized carbons (Fsp3) is 0.944. The van der Waals surface area contributed by atoms with Crippen LogP contribution in [-0.4, -0.2) is 60.8 Å². The van der Waals surface area contributed by atoms with E-state index in [-0.39, 0.29) is 91.0 Å². The molecule has 0 amide bonds. The Labute approximate surface area is 321 Å². The average Bonchev–Trinajstić information content (AvgIpc) is 2.93. The van der Waals surface area contributed by atoms with Crippen LogP contribution < -0.4 is 0 Å². The second kappa shape index (κ2) is 41.6. The van der Waals surface area contributed by atoms with Crippen LogP contribution in [-0.2, 0) is 41.6 Å². The first-order chi connectivity index (χ1) is 19.2. The van der Waals surface area contributed by atoms with Crippen LogP contribution in [0.4, 0.5) is 0 Å². The fourth-order valence-electron chi connectivity index (χ4n) is 5.51. The van der Waals surface area contributed by atoms with Crippen molar-refractivity contribution in [2.45, 2.75) is 219 Å². The van der Waals surface area contributed by atoms with Crippen LogP contribution in [0.15, 0.2) is 0 Å². The first kappa shape index (κ1) is 47.0. The quantitative estimate of drug-likeness (QED) is 0.0294. The molecule has 0 aromatic rings. The molecule has 0 heterocycles. The maximum Gasteiger partial charge on any atom is 2.00 e. The molecule has 0 rings (SSSR count). The van der Waals surface area contributed by atoms with Gasteiger partial charge in [0.1, 0.15) is 0 Å². The number of carbonyl (C=O) groups excluding carboxylic acids is 2. The van der Waals surface area contributed by atoms with E-state index in [0.717, 1.165) is 25.7 Å². The number of unbranched alkanes of at least 4 members (excludes halogenated alkanes) is 28. The number of rotatable bonds is 32. The molecule has 0 radical (unpaired) electrons. The molecule has 0 saturated heterocycles. The van der Waals surface area contributed by atoms with Crippen LogP contribution >= 0.6 is 0 Å². The summed E-state index contributed by atoms with van der Waals surface area (Å²) in [4.78, 5) is 23.8. The van der Waals surface area contributed by atoms with Crippen molar-refractivity contribution in [3.63, 3.8) is 0 Å². The standard InChI is InChI=1S/C36H70O3.Ba.Cd.2H/c1-3-5-7-9-11-13-15-17-19-21-23-25-27-29-31-33-35(37)39-36(38)34-32-30-28-26-24-22-20-18-16-14-12-10-8-6-4-2;;;;/h3-34H2,1-2H3;;;;/q;+2;;2*-1. The second-order valence-electron chi connectivity index (χ2n) is 12.2. The van der Waals surface area contributed by atoms with Gasteiger partial charge in [-0.25, -0.2) is 0 Å². The van der Waals surface area contributed by atoms with Gasteiger partial charge in [-0.15, -0.1) is 0 Å². The summed E-state index contributed by atoms with van der Waals surface area (Å²) in [7, 11) is 0. The Morgan fingerprint density at radius 3 is 0.732 bits per heavy atom. The largest absolute Gasteiger partial charge is 2.00 e. The number of esters is 2. The molecule has 0 aliphatic carbocycles. The minimum absolute atomic E-state index is 0. The van der Waals surface area contributed by atoms with Gasteiger partial charge in [-0.05, 0) is 12.8 Å². The molecular formula is C36H72BaCdO3. The van der Waals surface area contributed by atoms with Crippen LogP contribution in [0, 0.1) is 0 Å². The first-order valence-corrected chi connectivity index (χ1v) is 17.9. The molecule has 0 atom stereocenters. The van der Waals surface area contributed by atoms with Crippen molar-refractivity contribution in [2.24, 2.45) is 0 Å². The maximum absolute atomic E-state index is 11.9. The number of ether oxygens (including phenoxy) is 1. The van der Waals surface area contributed by atoms with Crippen LogP contribution in [0.2, 0.25) is 0 Å². The topological polar surface area (TPSA) is 43.4 Å². The molecule has 0 spiro atoms. The number of hydrogen-bond acceptors (Lipinski definition) is 3. The van der Waals surface area contributed by atoms with E-state index < -0.39 is 0 Å². The molecule has 0 fully saturated rings. The van der Waals surface area contributed by atoms with E-state index >= 15 is 0 Å². The molecule has 0 aliphatic heterocycles. The van der Waals surface area contributed by atoms with Crippen LogP contribution in [0.5, 0.6) is 0 Å². The number of carbonyl (C=O) groups is 2. The van der Waals surface area contributed by atoms with Gasteiger partial charge < -0.3 is 7.59 Å². The van der Waals surface area contributed by atoms with Gasteiger partial charge in [0, 0.05) is 40.1 Å². The molecule has 0 aromatic heterocycles. The van der Waals surface area contributed by atoms with E-state index in [1.54, 1.807) is 0 Å². The van der Waals surface area contributed by atoms with Crippen molar-refractivity contribution < 1.29 is 44.5 Å². The van der Waals surface area contributed by atoms with E-state index in [9.17, 15) is 9.59 Å². The molecule has 41 heavy (non-hydrogen) atoms. The third-order valence-corrected chi connectivity index (χ3v) is 8.20. The van der Waals surface area contributed by atoms with Gasteiger partial charge >= 0.3 is 60.8 Å². The SMILES string of the molecule is CCCCCCCCCCCCCCCCCC(=O)OC(=O)CCCCCCCCCCCCCCCCC.[Ba+2].[Cd].[H-].[H-]. The Balaban J connectivity index is -0.00000120. The monoisotopic (exact) mass is 804 g/mol. The summed E-state index contributed by atoms with van der Waals surface area (Å²) < 4.78 is 5.01. The van der Waals surface area contributed by atoms with Gasteiger partial charge in [-0.3, -0.25) is 9.59 Å². The predicted octanol–water partition coefficient (Wildman–Crippen LogP) is 12.4. The summed E-state index contributed by atoms with van der Waals surface area (Å²) in [6.07, 6.45) is 40.1. The van der Waals surface area contributed by atoms with Crippen molar-refractivity contribution in [3.8, 4) is 0 Å². The first-order valence-electron chi connectivity index (χ1n) is 17.9. The van der Waals surface area contributed by atoms with Gasteiger partial charge in [-0.1, -0.05) is 194 Å². The van der Waals surface area contributed by atoms with Gasteiger partial charge in [0.15, 0.2) is 0 Å². The zero-order chi connectivity index (χ0) is 28.5. The van der Waals surface area contributed by atoms with Gasteiger partial charge in [0.2, 0.25) is 0 Å². The van der Waals surface area contributed by atoms with Gasteiger partial charge in [0.25, 0.3) is 0 Å². The Kier molecular flexibility index (Phi) is 47.8. The Morgan fingerprint density at radius 1 is 0.366 bits per heavy atom. The molecule has 0 saturated carbocycles. The smallest absolute Gasteiger partial charge is 1.00 e. The Morgan fingerprint density at radius 2 is 0.537 bits per heavy atom. The molecule has 5 heteroatoms. The van der Waals surface area contributed by atoms with Crippen LogP contribution in [0.25, 0.3) is 0 Å². The van der Waals surface area contributed by atoms with Crippen molar-refractivity contribution in [2.75, 3.05) is 0 Å². The zero-order valence-electron chi connectivity index (χ0n) is 30.3. The van der Waals surface area contributed by atoms with E-state index in [0.29, 0.717) is 12.8 Å². The van der Waals surface area contributed by atoms with E-state index in [4.69, 9.17) is 4.74 Å². The van der Waals surface area contributed by atoms with Crippen molar-refractivity contribution in [3.05, 3.63) is 0 Å². The summed E-state index contributed by atoms with van der Waals surface area (Å²) in [6.45, 7) is 4.55. The van der Waals surface area contributed by atoms with Crippen LogP contribution in [0.3, 0.4) is 0 Å². The van der Waals surface area contributed by atoms with Gasteiger partial charge in [0.05, 0.1) is 0 Å². The van der Waals surface area contributed by atoms with Crippen molar-refractivity contribution in [1.29, 1.82) is 0 Å². The van der Waals surface area contributed by atoms with Gasteiger partial charge in [-0.2, -0.15) is 0 Å². The minimum atomic E-state index is -0.323. The summed E-state index contributed by atoms with van der Waals surface area (Å²) in [6, 6.07) is 0. The van der Waals surface area contributed by atoms with E-state index in [1.807, 2.05) is 0 Å². The van der Waals surface area contributed by atoms with Crippen molar-refractivity contribution >= 4 is 60.8 Å². The van der Waals surface area contributed by atoms with Crippen LogP contribution in [0.1, 0.15) is 222 Å². The summed E-state index contributed by atoms with van der Waals surface area (Å²) in [5, 5.41) is 0. The molecule has 0 N–H and O–H groups in total. The maximum atomic E-state index is 11.9. The second-order valence-corrected chi connectivity index (χ2v) is 12.2. The molecule has 238 valence electrons. The summed E-state index contributed by atoms with van der Waals surface area (Å²) in [5.74, 6) is -0.647. The third kappa shape index (κ3) is 41.6. The van der Waals surface area contributed by atoms with E-state index in [1.165, 1.54) is 167 Å². The minimum Gasteiger partial charge on any atom is -1.00 e. The fourth-order valence-corrected chi connectivity index (χ4v) is 5.51.